The maximum atomic E-state index is 4.05. The van der Waals surface area contributed by atoms with Gasteiger partial charge in [0.25, 0.3) is 0 Å². The monoisotopic (exact) mass is 493 g/mol. The van der Waals surface area contributed by atoms with E-state index in [0.717, 1.165) is 19.3 Å². The fourth-order valence-corrected chi connectivity index (χ4v) is 6.78. The van der Waals surface area contributed by atoms with E-state index in [1.807, 2.05) is 0 Å². The zero-order valence-corrected chi connectivity index (χ0v) is 21.0. The molecule has 1 atom stereocenters. The minimum Gasteiger partial charge on any atom is -0.317 e. The van der Waals surface area contributed by atoms with E-state index in [2.05, 4.69) is 114 Å². The summed E-state index contributed by atoms with van der Waals surface area (Å²) in [5.74, 6) is 0.305. The van der Waals surface area contributed by atoms with Gasteiger partial charge in [-0.15, -0.1) is 0 Å². The van der Waals surface area contributed by atoms with E-state index < -0.39 is 0 Å². The summed E-state index contributed by atoms with van der Waals surface area (Å²) in [6.07, 6.45) is 10.6. The number of fused-ring (bicyclic) bond motifs is 3. The molecule has 0 saturated carbocycles. The van der Waals surface area contributed by atoms with Crippen molar-refractivity contribution in [3.05, 3.63) is 127 Å². The highest BCUT2D eigenvalue weighted by atomic mass is 79.9. The number of halogens is 1. The van der Waals surface area contributed by atoms with E-state index in [1.54, 1.807) is 5.57 Å². The molecule has 164 valence electrons. The van der Waals surface area contributed by atoms with Gasteiger partial charge in [0.15, 0.2) is 0 Å². The van der Waals surface area contributed by atoms with E-state index in [1.165, 1.54) is 60.6 Å². The summed E-state index contributed by atoms with van der Waals surface area (Å²) in [7, 11) is 0. The van der Waals surface area contributed by atoms with Crippen molar-refractivity contribution >= 4 is 27.7 Å². The SMILES string of the molecule is CC1=CC2=C(Br)C3C(=CC2=C1CCC1=Cc2ccccc2C1)N(c1ccccc1)C(C)=C3C. The van der Waals surface area contributed by atoms with Crippen molar-refractivity contribution in [1.29, 1.82) is 0 Å². The number of hydrogen-bond donors (Lipinski definition) is 0. The first kappa shape index (κ1) is 20.7. The third-order valence-corrected chi connectivity index (χ3v) is 8.58. The standard InChI is InChI=1S/C31H28BrN/c1-19-15-28-27(26(19)14-13-22-16-23-9-7-8-10-24(23)17-22)18-29-30(31(28)32)20(2)21(3)33(29)25-11-5-4-6-12-25/h4-12,15-16,18,30H,13-14,17H2,1-3H3. The van der Waals surface area contributed by atoms with Crippen LogP contribution in [0.25, 0.3) is 6.08 Å². The number of rotatable bonds is 4. The van der Waals surface area contributed by atoms with E-state index in [4.69, 9.17) is 0 Å². The lowest BCUT2D eigenvalue weighted by Gasteiger charge is -2.29. The Bertz CT molecular complexity index is 1360. The van der Waals surface area contributed by atoms with Crippen LogP contribution in [0.15, 0.2) is 116 Å². The molecule has 0 saturated heterocycles. The van der Waals surface area contributed by atoms with Crippen LogP contribution in [0, 0.1) is 5.92 Å². The van der Waals surface area contributed by atoms with Crippen LogP contribution >= 0.6 is 15.9 Å². The first-order valence-electron chi connectivity index (χ1n) is 11.9. The number of para-hydroxylation sites is 1. The van der Waals surface area contributed by atoms with Gasteiger partial charge in [0, 0.05) is 21.6 Å². The van der Waals surface area contributed by atoms with Crippen molar-refractivity contribution < 1.29 is 0 Å². The Labute approximate surface area is 205 Å². The van der Waals surface area contributed by atoms with Crippen LogP contribution in [-0.4, -0.2) is 0 Å². The maximum Gasteiger partial charge on any atom is 0.0545 e. The van der Waals surface area contributed by atoms with Gasteiger partial charge in [-0.2, -0.15) is 0 Å². The second-order valence-corrected chi connectivity index (χ2v) is 10.5. The van der Waals surface area contributed by atoms with Gasteiger partial charge in [-0.3, -0.25) is 0 Å². The summed E-state index contributed by atoms with van der Waals surface area (Å²) in [6.45, 7) is 6.82. The lowest BCUT2D eigenvalue weighted by Crippen LogP contribution is -2.21. The first-order chi connectivity index (χ1) is 16.0. The Morgan fingerprint density at radius 2 is 1.61 bits per heavy atom. The average Bonchev–Trinajstić information content (AvgIpc) is 3.45. The lowest BCUT2D eigenvalue weighted by molar-refractivity contribution is 0.876. The van der Waals surface area contributed by atoms with Crippen molar-refractivity contribution in [2.75, 3.05) is 4.90 Å². The smallest absolute Gasteiger partial charge is 0.0545 e. The molecule has 3 aliphatic carbocycles. The van der Waals surface area contributed by atoms with Crippen LogP contribution in [0.2, 0.25) is 0 Å². The summed E-state index contributed by atoms with van der Waals surface area (Å²) in [5, 5.41) is 0. The summed E-state index contributed by atoms with van der Waals surface area (Å²) in [4.78, 5) is 2.45. The van der Waals surface area contributed by atoms with E-state index in [9.17, 15) is 0 Å². The Morgan fingerprint density at radius 1 is 0.848 bits per heavy atom. The number of anilines is 1. The predicted octanol–water partition coefficient (Wildman–Crippen LogP) is 8.64. The molecule has 33 heavy (non-hydrogen) atoms. The van der Waals surface area contributed by atoms with Gasteiger partial charge in [0.2, 0.25) is 0 Å². The minimum absolute atomic E-state index is 0.305. The van der Waals surface area contributed by atoms with E-state index in [-0.39, 0.29) is 0 Å². The largest absolute Gasteiger partial charge is 0.317 e. The summed E-state index contributed by atoms with van der Waals surface area (Å²) >= 11 is 4.05. The number of allylic oxidation sites excluding steroid dienone is 9. The van der Waals surface area contributed by atoms with Crippen molar-refractivity contribution in [2.24, 2.45) is 5.92 Å². The first-order valence-corrected chi connectivity index (χ1v) is 12.7. The zero-order valence-electron chi connectivity index (χ0n) is 19.5. The fourth-order valence-electron chi connectivity index (χ4n) is 5.87. The molecular formula is C31H28BrN. The molecule has 1 unspecified atom stereocenters. The highest BCUT2D eigenvalue weighted by molar-refractivity contribution is 9.11. The van der Waals surface area contributed by atoms with Crippen molar-refractivity contribution in [2.45, 2.75) is 40.0 Å². The van der Waals surface area contributed by atoms with Crippen LogP contribution in [-0.2, 0) is 6.42 Å². The highest BCUT2D eigenvalue weighted by Gasteiger charge is 2.39. The molecule has 1 nitrogen and oxygen atoms in total. The summed E-state index contributed by atoms with van der Waals surface area (Å²) < 4.78 is 1.31. The minimum atomic E-state index is 0.305. The van der Waals surface area contributed by atoms with E-state index >= 15 is 0 Å². The van der Waals surface area contributed by atoms with Crippen molar-refractivity contribution in [1.82, 2.24) is 0 Å². The van der Waals surface area contributed by atoms with Gasteiger partial charge in [0.05, 0.1) is 5.92 Å². The van der Waals surface area contributed by atoms with Gasteiger partial charge in [-0.1, -0.05) is 76.1 Å². The van der Waals surface area contributed by atoms with Gasteiger partial charge in [-0.05, 0) is 97.2 Å². The molecule has 0 amide bonds. The Hall–Kier alpha value is -2.84. The van der Waals surface area contributed by atoms with Crippen molar-refractivity contribution in [3.8, 4) is 0 Å². The highest BCUT2D eigenvalue weighted by Crippen LogP contribution is 2.53. The molecule has 1 aliphatic heterocycles. The molecule has 2 aromatic rings. The molecule has 2 aromatic carbocycles. The van der Waals surface area contributed by atoms with Gasteiger partial charge in [-0.25, -0.2) is 0 Å². The zero-order chi connectivity index (χ0) is 22.7. The van der Waals surface area contributed by atoms with Crippen molar-refractivity contribution in [3.63, 3.8) is 0 Å². The molecule has 0 radical (unpaired) electrons. The lowest BCUT2D eigenvalue weighted by atomic mass is 9.87. The molecule has 1 heterocycles. The number of hydrogen-bond acceptors (Lipinski definition) is 1. The molecule has 0 bridgehead atoms. The molecule has 0 fully saturated rings. The molecular weight excluding hydrogens is 466 g/mol. The van der Waals surface area contributed by atoms with Crippen LogP contribution in [0.5, 0.6) is 0 Å². The van der Waals surface area contributed by atoms with Gasteiger partial charge < -0.3 is 4.90 Å². The van der Waals surface area contributed by atoms with Gasteiger partial charge in [0.1, 0.15) is 0 Å². The normalized spacial score (nSPS) is 21.3. The quantitative estimate of drug-likeness (QED) is 0.411. The Kier molecular flexibility index (Phi) is 4.96. The topological polar surface area (TPSA) is 3.24 Å². The second kappa shape index (κ2) is 7.88. The summed E-state index contributed by atoms with van der Waals surface area (Å²) in [5.41, 5.74) is 15.5. The van der Waals surface area contributed by atoms with Crippen LogP contribution in [0.3, 0.4) is 0 Å². The van der Waals surface area contributed by atoms with E-state index in [0.29, 0.717) is 5.92 Å². The van der Waals surface area contributed by atoms with Crippen LogP contribution in [0.4, 0.5) is 5.69 Å². The molecule has 6 rings (SSSR count). The average molecular weight is 494 g/mol. The molecule has 0 N–H and O–H groups in total. The number of nitrogens with zero attached hydrogens (tertiary/aromatic N) is 1. The number of benzene rings is 2. The van der Waals surface area contributed by atoms with Crippen LogP contribution < -0.4 is 4.90 Å². The fraction of sp³-hybridized carbons (Fsp3) is 0.226. The molecule has 4 aliphatic rings. The maximum absolute atomic E-state index is 4.05. The van der Waals surface area contributed by atoms with Crippen LogP contribution in [0.1, 0.15) is 44.7 Å². The third kappa shape index (κ3) is 3.27. The molecule has 0 spiro atoms. The predicted molar refractivity (Wildman–Crippen MR) is 143 cm³/mol. The third-order valence-electron chi connectivity index (χ3n) is 7.69. The summed E-state index contributed by atoms with van der Waals surface area (Å²) in [6, 6.07) is 19.6. The Morgan fingerprint density at radius 3 is 2.39 bits per heavy atom. The van der Waals surface area contributed by atoms with Gasteiger partial charge >= 0.3 is 0 Å². The Balaban J connectivity index is 1.36. The second-order valence-electron chi connectivity index (χ2n) is 9.60. The molecule has 2 heteroatoms. The molecule has 0 aromatic heterocycles.